The zero-order valence-electron chi connectivity index (χ0n) is 9.39. The molecular weight excluding hydrogens is 230 g/mol. The van der Waals surface area contributed by atoms with Gasteiger partial charge in [0.1, 0.15) is 11.6 Å². The third-order valence-electron chi connectivity index (χ3n) is 2.88. The van der Waals surface area contributed by atoms with Gasteiger partial charge in [0.25, 0.3) is 0 Å². The highest BCUT2D eigenvalue weighted by Crippen LogP contribution is 2.39. The van der Waals surface area contributed by atoms with E-state index in [1.165, 1.54) is 38.4 Å². The molecule has 0 bridgehead atoms. The van der Waals surface area contributed by atoms with Gasteiger partial charge in [-0.25, -0.2) is 8.78 Å². The van der Waals surface area contributed by atoms with Crippen LogP contribution in [0.4, 0.5) is 8.78 Å². The summed E-state index contributed by atoms with van der Waals surface area (Å²) in [5.74, 6) is -0.155. The van der Waals surface area contributed by atoms with E-state index in [1.807, 2.05) is 0 Å². The van der Waals surface area contributed by atoms with Crippen LogP contribution in [0.2, 0.25) is 0 Å². The van der Waals surface area contributed by atoms with Gasteiger partial charge < -0.3 is 4.74 Å². The van der Waals surface area contributed by atoms with Crippen LogP contribution in [0.3, 0.4) is 0 Å². The summed E-state index contributed by atoms with van der Waals surface area (Å²) >= 11 is 0. The predicted octanol–water partition coefficient (Wildman–Crippen LogP) is 2.08. The van der Waals surface area contributed by atoms with Gasteiger partial charge in [-0.2, -0.15) is 5.10 Å². The fourth-order valence-electron chi connectivity index (χ4n) is 1.84. The molecule has 6 heteroatoms. The van der Waals surface area contributed by atoms with Gasteiger partial charge in [-0.05, 0) is 25.1 Å². The first-order valence-corrected chi connectivity index (χ1v) is 5.00. The van der Waals surface area contributed by atoms with Gasteiger partial charge in [-0.1, -0.05) is 0 Å². The molecule has 0 aliphatic carbocycles. The largest absolute Gasteiger partial charge is 0.496 e. The van der Waals surface area contributed by atoms with Gasteiger partial charge in [0, 0.05) is 11.8 Å². The van der Waals surface area contributed by atoms with Crippen LogP contribution in [-0.2, 0) is 5.41 Å². The molecule has 1 aliphatic heterocycles. The van der Waals surface area contributed by atoms with Crippen LogP contribution in [0.25, 0.3) is 0 Å². The molecule has 2 rings (SSSR count). The Hall–Kier alpha value is -1.69. The number of alkyl halides is 1. The van der Waals surface area contributed by atoms with Gasteiger partial charge in [0.2, 0.25) is 6.30 Å². The standard InChI is InChI=1S/C11H12F2N2O2/c1-11(6-14-15(16)10(11)13)8-5-7(12)3-4-9(8)17-2/h3-6,10,16H,1-2H3. The normalized spacial score (nSPS) is 27.6. The fraction of sp³-hybridized carbons (Fsp3) is 0.364. The number of hydrogen-bond acceptors (Lipinski definition) is 4. The Balaban J connectivity index is 2.53. The summed E-state index contributed by atoms with van der Waals surface area (Å²) in [7, 11) is 1.41. The highest BCUT2D eigenvalue weighted by molar-refractivity contribution is 5.77. The first kappa shape index (κ1) is 11.8. The number of hydroxylamine groups is 1. The van der Waals surface area contributed by atoms with Crippen LogP contribution in [0.5, 0.6) is 5.75 Å². The van der Waals surface area contributed by atoms with Crippen molar-refractivity contribution in [3.8, 4) is 5.75 Å². The molecule has 2 unspecified atom stereocenters. The van der Waals surface area contributed by atoms with Crippen molar-refractivity contribution in [1.29, 1.82) is 0 Å². The number of hydrazone groups is 1. The number of halogens is 2. The maximum Gasteiger partial charge on any atom is 0.228 e. The van der Waals surface area contributed by atoms with Crippen molar-refractivity contribution in [2.24, 2.45) is 5.10 Å². The second-order valence-corrected chi connectivity index (χ2v) is 4.03. The number of nitrogens with zero attached hydrogens (tertiary/aromatic N) is 2. The van der Waals surface area contributed by atoms with Crippen molar-refractivity contribution in [2.45, 2.75) is 18.6 Å². The van der Waals surface area contributed by atoms with Gasteiger partial charge >= 0.3 is 0 Å². The molecule has 1 aromatic carbocycles. The third-order valence-corrected chi connectivity index (χ3v) is 2.88. The third kappa shape index (κ3) is 1.74. The zero-order valence-corrected chi connectivity index (χ0v) is 9.39. The van der Waals surface area contributed by atoms with Gasteiger partial charge in [0.15, 0.2) is 0 Å². The molecule has 17 heavy (non-hydrogen) atoms. The van der Waals surface area contributed by atoms with E-state index in [0.717, 1.165) is 0 Å². The first-order valence-electron chi connectivity index (χ1n) is 5.00. The minimum absolute atomic E-state index is 0.213. The lowest BCUT2D eigenvalue weighted by atomic mass is 9.82. The summed E-state index contributed by atoms with van der Waals surface area (Å²) in [6.45, 7) is 1.51. The second kappa shape index (κ2) is 3.96. The lowest BCUT2D eigenvalue weighted by Crippen LogP contribution is -2.38. The summed E-state index contributed by atoms with van der Waals surface area (Å²) < 4.78 is 32.2. The average molecular weight is 242 g/mol. The molecule has 92 valence electrons. The smallest absolute Gasteiger partial charge is 0.228 e. The molecule has 2 atom stereocenters. The Kier molecular flexibility index (Phi) is 2.74. The number of hydrogen-bond donors (Lipinski definition) is 1. The number of benzene rings is 1. The topological polar surface area (TPSA) is 45.1 Å². The Bertz CT molecular complexity index is 467. The number of methoxy groups -OCH3 is 1. The minimum Gasteiger partial charge on any atom is -0.496 e. The summed E-state index contributed by atoms with van der Waals surface area (Å²) in [6.07, 6.45) is -0.548. The summed E-state index contributed by atoms with van der Waals surface area (Å²) in [5.41, 5.74) is -0.949. The van der Waals surface area contributed by atoms with Crippen LogP contribution in [-0.4, -0.2) is 30.0 Å². The van der Waals surface area contributed by atoms with E-state index in [1.54, 1.807) is 0 Å². The van der Waals surface area contributed by atoms with Crippen molar-refractivity contribution in [2.75, 3.05) is 7.11 Å². The highest BCUT2D eigenvalue weighted by Gasteiger charge is 2.45. The van der Waals surface area contributed by atoms with E-state index < -0.39 is 17.5 Å². The van der Waals surface area contributed by atoms with E-state index in [-0.39, 0.29) is 5.17 Å². The molecule has 1 aliphatic rings. The molecule has 0 saturated carbocycles. The van der Waals surface area contributed by atoms with E-state index in [2.05, 4.69) is 5.10 Å². The average Bonchev–Trinajstić information content (AvgIpc) is 2.58. The van der Waals surface area contributed by atoms with Crippen LogP contribution in [0, 0.1) is 5.82 Å². The molecule has 1 heterocycles. The maximum atomic E-state index is 13.9. The van der Waals surface area contributed by atoms with E-state index >= 15 is 0 Å². The Morgan fingerprint density at radius 2 is 2.24 bits per heavy atom. The molecule has 0 radical (unpaired) electrons. The molecule has 1 aromatic rings. The van der Waals surface area contributed by atoms with E-state index in [9.17, 15) is 8.78 Å². The predicted molar refractivity (Wildman–Crippen MR) is 57.3 cm³/mol. The molecule has 0 aromatic heterocycles. The molecular formula is C11H12F2N2O2. The van der Waals surface area contributed by atoms with Crippen molar-refractivity contribution in [3.05, 3.63) is 29.6 Å². The number of ether oxygens (including phenoxy) is 1. The number of rotatable bonds is 2. The van der Waals surface area contributed by atoms with Gasteiger partial charge in [-0.3, -0.25) is 5.21 Å². The van der Waals surface area contributed by atoms with Gasteiger partial charge in [-0.15, -0.1) is 5.17 Å². The fourth-order valence-corrected chi connectivity index (χ4v) is 1.84. The lowest BCUT2D eigenvalue weighted by molar-refractivity contribution is -0.167. The Labute approximate surface area is 97.1 Å². The van der Waals surface area contributed by atoms with Crippen molar-refractivity contribution < 1.29 is 18.7 Å². The van der Waals surface area contributed by atoms with Crippen LogP contribution in [0.15, 0.2) is 23.3 Å². The maximum absolute atomic E-state index is 13.9. The summed E-state index contributed by atoms with van der Waals surface area (Å²) in [6, 6.07) is 3.81. The highest BCUT2D eigenvalue weighted by atomic mass is 19.1. The van der Waals surface area contributed by atoms with Crippen molar-refractivity contribution >= 4 is 6.21 Å². The quantitative estimate of drug-likeness (QED) is 0.807. The molecule has 0 amide bonds. The van der Waals surface area contributed by atoms with Crippen molar-refractivity contribution in [1.82, 2.24) is 5.17 Å². The Morgan fingerprint density at radius 3 is 2.76 bits per heavy atom. The van der Waals surface area contributed by atoms with Crippen molar-refractivity contribution in [3.63, 3.8) is 0 Å². The van der Waals surface area contributed by atoms with Crippen LogP contribution < -0.4 is 4.74 Å². The summed E-state index contributed by atoms with van der Waals surface area (Å²) in [5, 5.41) is 12.8. The monoisotopic (exact) mass is 242 g/mol. The Morgan fingerprint density at radius 1 is 1.53 bits per heavy atom. The molecule has 4 nitrogen and oxygen atoms in total. The molecule has 1 N–H and O–H groups in total. The second-order valence-electron chi connectivity index (χ2n) is 4.03. The summed E-state index contributed by atoms with van der Waals surface area (Å²) in [4.78, 5) is 0. The zero-order chi connectivity index (χ0) is 12.6. The van der Waals surface area contributed by atoms with Gasteiger partial charge in [0.05, 0.1) is 12.5 Å². The molecule has 0 spiro atoms. The van der Waals surface area contributed by atoms with E-state index in [4.69, 9.17) is 9.94 Å². The molecule has 0 fully saturated rings. The molecule has 0 saturated heterocycles. The van der Waals surface area contributed by atoms with Crippen LogP contribution in [0.1, 0.15) is 12.5 Å². The SMILES string of the molecule is COc1ccc(F)cc1C1(C)C=NN(O)C1F. The lowest BCUT2D eigenvalue weighted by Gasteiger charge is -2.27. The first-order chi connectivity index (χ1) is 7.99. The minimum atomic E-state index is -1.78. The van der Waals surface area contributed by atoms with Crippen LogP contribution >= 0.6 is 0 Å². The van der Waals surface area contributed by atoms with E-state index in [0.29, 0.717) is 11.3 Å².